The van der Waals surface area contributed by atoms with Crippen LogP contribution in [0.5, 0.6) is 0 Å². The molecule has 9 heavy (non-hydrogen) atoms. The van der Waals surface area contributed by atoms with Gasteiger partial charge in [-0.2, -0.15) is 0 Å². The zero-order chi connectivity index (χ0) is 7.28. The lowest BCUT2D eigenvalue weighted by atomic mass is 10.5. The normalized spacial score (nSPS) is 13.7. The predicted octanol–water partition coefficient (Wildman–Crippen LogP) is 2.45. The second kappa shape index (κ2) is 4.44. The minimum atomic E-state index is -0.396. The summed E-state index contributed by atoms with van der Waals surface area (Å²) in [6.07, 6.45) is 2.36. The van der Waals surface area contributed by atoms with Gasteiger partial charge in [0.1, 0.15) is 10.4 Å². The highest BCUT2D eigenvalue weighted by molar-refractivity contribution is 9.18. The van der Waals surface area contributed by atoms with Gasteiger partial charge in [0.15, 0.2) is 0 Å². The summed E-state index contributed by atoms with van der Waals surface area (Å²) in [5.41, 5.74) is 0. The molecule has 0 bridgehead atoms. The molecule has 0 radical (unpaired) electrons. The summed E-state index contributed by atoms with van der Waals surface area (Å²) in [4.78, 5) is 3.65. The van der Waals surface area contributed by atoms with E-state index in [1.807, 2.05) is 0 Å². The van der Waals surface area contributed by atoms with Crippen LogP contribution >= 0.6 is 15.9 Å². The number of halogens is 2. The van der Waals surface area contributed by atoms with E-state index in [-0.39, 0.29) is 0 Å². The highest BCUT2D eigenvalue weighted by Gasteiger charge is 1.87. The Balaban J connectivity index is 4.11. The van der Waals surface area contributed by atoms with Gasteiger partial charge in [0.05, 0.1) is 0 Å². The van der Waals surface area contributed by atoms with E-state index in [4.69, 9.17) is 0 Å². The van der Waals surface area contributed by atoms with Crippen LogP contribution in [-0.2, 0) is 0 Å². The molecule has 0 aromatic carbocycles. The summed E-state index contributed by atoms with van der Waals surface area (Å²) in [7, 11) is 1.57. The zero-order valence-electron chi connectivity index (χ0n) is 5.06. The summed E-state index contributed by atoms with van der Waals surface area (Å²) in [6, 6.07) is 0. The van der Waals surface area contributed by atoms with E-state index < -0.39 is 5.83 Å². The number of rotatable bonds is 2. The maximum Gasteiger partial charge on any atom is 0.125 e. The molecule has 0 aliphatic carbocycles. The van der Waals surface area contributed by atoms with Crippen molar-refractivity contribution in [3.8, 4) is 0 Å². The van der Waals surface area contributed by atoms with Gasteiger partial charge in [-0.3, -0.25) is 4.99 Å². The van der Waals surface area contributed by atoms with Gasteiger partial charge in [0.25, 0.3) is 0 Å². The van der Waals surface area contributed by atoms with Crippen molar-refractivity contribution in [1.29, 1.82) is 0 Å². The van der Waals surface area contributed by atoms with Gasteiger partial charge in [-0.25, -0.2) is 4.39 Å². The Morgan fingerprint density at radius 1 is 1.78 bits per heavy atom. The molecule has 50 valence electrons. The Hall–Kier alpha value is -0.440. The molecule has 0 unspecified atom stereocenters. The van der Waals surface area contributed by atoms with Gasteiger partial charge in [-0.15, -0.1) is 0 Å². The number of allylic oxidation sites excluding steroid dienone is 3. The van der Waals surface area contributed by atoms with Crippen molar-refractivity contribution in [1.82, 2.24) is 0 Å². The Bertz CT molecular complexity index is 160. The van der Waals surface area contributed by atoms with Crippen LogP contribution in [0.25, 0.3) is 0 Å². The van der Waals surface area contributed by atoms with Crippen molar-refractivity contribution >= 4 is 20.6 Å². The lowest BCUT2D eigenvalue weighted by Gasteiger charge is -1.84. The lowest BCUT2D eigenvalue weighted by molar-refractivity contribution is 0.669. The van der Waals surface area contributed by atoms with Crippen LogP contribution in [-0.4, -0.2) is 11.7 Å². The number of hydrogen-bond donors (Lipinski definition) is 0. The van der Waals surface area contributed by atoms with Crippen molar-refractivity contribution in [2.75, 3.05) is 7.05 Å². The summed E-state index contributed by atoms with van der Waals surface area (Å²) < 4.78 is 12.7. The molecule has 0 spiro atoms. The van der Waals surface area contributed by atoms with E-state index in [1.54, 1.807) is 7.05 Å². The molecule has 0 rings (SSSR count). The molecule has 0 aliphatic heterocycles. The van der Waals surface area contributed by atoms with Crippen LogP contribution in [0, 0.1) is 0 Å². The Kier molecular flexibility index (Phi) is 4.22. The van der Waals surface area contributed by atoms with Crippen LogP contribution in [0.2, 0.25) is 0 Å². The zero-order valence-corrected chi connectivity index (χ0v) is 6.65. The first kappa shape index (κ1) is 8.56. The molecule has 0 N–H and O–H groups in total. The van der Waals surface area contributed by atoms with Gasteiger partial charge in [-0.05, 0) is 22.0 Å². The third-order valence-corrected chi connectivity index (χ3v) is 1.25. The molecule has 0 saturated heterocycles. The minimum Gasteiger partial charge on any atom is -0.281 e. The SMILES string of the molecule is C=C/C(F)=C\C(Br)=NC. The average molecular weight is 192 g/mol. The summed E-state index contributed by atoms with van der Waals surface area (Å²) in [5, 5.41) is 0. The van der Waals surface area contributed by atoms with E-state index in [1.165, 1.54) is 6.08 Å². The predicted molar refractivity (Wildman–Crippen MR) is 41.7 cm³/mol. The highest BCUT2D eigenvalue weighted by Crippen LogP contribution is 2.00. The molecule has 3 heteroatoms. The maximum atomic E-state index is 12.2. The van der Waals surface area contributed by atoms with Gasteiger partial charge in [0, 0.05) is 13.1 Å². The maximum absolute atomic E-state index is 12.2. The Morgan fingerprint density at radius 3 is 2.67 bits per heavy atom. The standard InChI is InChI=1S/C6H7BrFN/c1-3-5(8)4-6(7)9-2/h3-4H,1H2,2H3/b5-4+,9-6?. The first-order chi connectivity index (χ1) is 4.20. The third kappa shape index (κ3) is 4.09. The van der Waals surface area contributed by atoms with Crippen LogP contribution in [0.15, 0.2) is 29.6 Å². The minimum absolute atomic E-state index is 0.396. The van der Waals surface area contributed by atoms with Crippen molar-refractivity contribution in [2.24, 2.45) is 4.99 Å². The van der Waals surface area contributed by atoms with Crippen molar-refractivity contribution < 1.29 is 4.39 Å². The summed E-state index contributed by atoms with van der Waals surface area (Å²) in [6.45, 7) is 3.23. The Morgan fingerprint density at radius 2 is 2.33 bits per heavy atom. The quantitative estimate of drug-likeness (QED) is 0.470. The average Bonchev–Trinajstić information content (AvgIpc) is 1.87. The Labute approximate surface area is 62.1 Å². The van der Waals surface area contributed by atoms with Gasteiger partial charge in [-0.1, -0.05) is 6.58 Å². The third-order valence-electron chi connectivity index (χ3n) is 0.666. The van der Waals surface area contributed by atoms with E-state index in [2.05, 4.69) is 27.5 Å². The second-order valence-electron chi connectivity index (χ2n) is 1.28. The summed E-state index contributed by atoms with van der Waals surface area (Å²) >= 11 is 3.00. The monoisotopic (exact) mass is 191 g/mol. The molecular formula is C6H7BrFN. The van der Waals surface area contributed by atoms with Crippen LogP contribution < -0.4 is 0 Å². The molecular weight excluding hydrogens is 185 g/mol. The molecule has 0 heterocycles. The fourth-order valence-electron chi connectivity index (χ4n) is 0.237. The number of aliphatic imine (C=N–C) groups is 1. The summed E-state index contributed by atoms with van der Waals surface area (Å²) in [5.74, 6) is -0.396. The fourth-order valence-corrected chi connectivity index (χ4v) is 0.456. The van der Waals surface area contributed by atoms with Gasteiger partial charge >= 0.3 is 0 Å². The van der Waals surface area contributed by atoms with Crippen LogP contribution in [0.3, 0.4) is 0 Å². The first-order valence-electron chi connectivity index (χ1n) is 2.32. The van der Waals surface area contributed by atoms with Crippen molar-refractivity contribution in [3.05, 3.63) is 24.6 Å². The molecule has 0 saturated carbocycles. The first-order valence-corrected chi connectivity index (χ1v) is 3.12. The molecule has 0 aromatic heterocycles. The lowest BCUT2D eigenvalue weighted by Crippen LogP contribution is -1.77. The van der Waals surface area contributed by atoms with Crippen LogP contribution in [0.4, 0.5) is 4.39 Å². The fraction of sp³-hybridized carbons (Fsp3) is 0.167. The largest absolute Gasteiger partial charge is 0.281 e. The van der Waals surface area contributed by atoms with Gasteiger partial charge in [0.2, 0.25) is 0 Å². The van der Waals surface area contributed by atoms with Gasteiger partial charge < -0.3 is 0 Å². The van der Waals surface area contributed by atoms with E-state index in [0.29, 0.717) is 4.62 Å². The smallest absolute Gasteiger partial charge is 0.125 e. The number of hydrogen-bond acceptors (Lipinski definition) is 1. The highest BCUT2D eigenvalue weighted by atomic mass is 79.9. The van der Waals surface area contributed by atoms with Crippen LogP contribution in [0.1, 0.15) is 0 Å². The molecule has 0 atom stereocenters. The van der Waals surface area contributed by atoms with E-state index in [0.717, 1.165) is 6.08 Å². The van der Waals surface area contributed by atoms with Crippen molar-refractivity contribution in [2.45, 2.75) is 0 Å². The molecule has 0 aromatic rings. The van der Waals surface area contributed by atoms with E-state index in [9.17, 15) is 4.39 Å². The van der Waals surface area contributed by atoms with E-state index >= 15 is 0 Å². The second-order valence-corrected chi connectivity index (χ2v) is 2.09. The molecule has 0 aliphatic rings. The molecule has 0 fully saturated rings. The molecule has 1 nitrogen and oxygen atoms in total. The van der Waals surface area contributed by atoms with Crippen molar-refractivity contribution in [3.63, 3.8) is 0 Å². The number of nitrogens with zero attached hydrogens (tertiary/aromatic N) is 1. The topological polar surface area (TPSA) is 12.4 Å². The molecule has 0 amide bonds.